The van der Waals surface area contributed by atoms with Gasteiger partial charge in [-0.2, -0.15) is 0 Å². The van der Waals surface area contributed by atoms with Crippen molar-refractivity contribution in [3.63, 3.8) is 0 Å². The van der Waals surface area contributed by atoms with E-state index in [-0.39, 0.29) is 18.3 Å². The Morgan fingerprint density at radius 3 is 2.58 bits per heavy atom. The van der Waals surface area contributed by atoms with Crippen LogP contribution in [0.25, 0.3) is 0 Å². The second-order valence-corrected chi connectivity index (χ2v) is 7.82. The van der Waals surface area contributed by atoms with Crippen molar-refractivity contribution >= 4 is 33.1 Å². The highest BCUT2D eigenvalue weighted by Gasteiger charge is 2.10. The van der Waals surface area contributed by atoms with Crippen molar-refractivity contribution < 1.29 is 13.2 Å². The van der Waals surface area contributed by atoms with Crippen LogP contribution in [0.4, 0.5) is 10.5 Å². The van der Waals surface area contributed by atoms with Gasteiger partial charge in [0.25, 0.3) is 0 Å². The van der Waals surface area contributed by atoms with E-state index in [2.05, 4.69) is 21.9 Å². The molecular weight excluding hydrogens is 346 g/mol. The lowest BCUT2D eigenvalue weighted by Crippen LogP contribution is -2.27. The van der Waals surface area contributed by atoms with Gasteiger partial charge in [0.2, 0.25) is 10.0 Å². The SMILES string of the molecule is C=CCNS(=O)(=O)Cc1ccc(NC(=O)NCc2cccs2)cc1. The molecule has 0 aliphatic carbocycles. The summed E-state index contributed by atoms with van der Waals surface area (Å²) in [4.78, 5) is 12.9. The fourth-order valence-electron chi connectivity index (χ4n) is 1.90. The standard InChI is InChI=1S/C16H19N3O3S2/c1-2-9-18-24(21,22)12-13-5-7-14(8-6-13)19-16(20)17-11-15-4-3-10-23-15/h2-8,10,18H,1,9,11-12H2,(H2,17,19,20). The molecule has 0 fully saturated rings. The van der Waals surface area contributed by atoms with Crippen molar-refractivity contribution in [2.45, 2.75) is 12.3 Å². The van der Waals surface area contributed by atoms with Gasteiger partial charge in [-0.15, -0.1) is 17.9 Å². The number of hydrogen-bond acceptors (Lipinski definition) is 4. The summed E-state index contributed by atoms with van der Waals surface area (Å²) in [5, 5.41) is 7.41. The molecule has 3 N–H and O–H groups in total. The van der Waals surface area contributed by atoms with E-state index < -0.39 is 10.0 Å². The fraction of sp³-hybridized carbons (Fsp3) is 0.188. The zero-order valence-corrected chi connectivity index (χ0v) is 14.6. The number of anilines is 1. The van der Waals surface area contributed by atoms with Gasteiger partial charge in [0.05, 0.1) is 12.3 Å². The van der Waals surface area contributed by atoms with E-state index in [1.807, 2.05) is 17.5 Å². The molecule has 0 saturated heterocycles. The summed E-state index contributed by atoms with van der Waals surface area (Å²) in [6.07, 6.45) is 1.49. The van der Waals surface area contributed by atoms with Gasteiger partial charge < -0.3 is 10.6 Å². The number of rotatable bonds is 8. The first-order valence-corrected chi connectivity index (χ1v) is 9.76. The summed E-state index contributed by atoms with van der Waals surface area (Å²) >= 11 is 1.57. The van der Waals surface area contributed by atoms with E-state index in [4.69, 9.17) is 0 Å². The Balaban J connectivity index is 1.85. The number of benzene rings is 1. The molecule has 1 aromatic carbocycles. The summed E-state index contributed by atoms with van der Waals surface area (Å²) in [5.41, 5.74) is 1.23. The summed E-state index contributed by atoms with van der Waals surface area (Å²) in [6, 6.07) is 10.2. The maximum Gasteiger partial charge on any atom is 0.319 e. The van der Waals surface area contributed by atoms with Crippen molar-refractivity contribution in [2.24, 2.45) is 0 Å². The van der Waals surface area contributed by atoms with Gasteiger partial charge >= 0.3 is 6.03 Å². The summed E-state index contributed by atoms with van der Waals surface area (Å²) in [5.74, 6) is -0.119. The molecule has 0 aliphatic rings. The topological polar surface area (TPSA) is 87.3 Å². The van der Waals surface area contributed by atoms with Crippen LogP contribution in [-0.2, 0) is 22.3 Å². The Morgan fingerprint density at radius 2 is 1.96 bits per heavy atom. The van der Waals surface area contributed by atoms with Crippen LogP contribution in [0.3, 0.4) is 0 Å². The minimum Gasteiger partial charge on any atom is -0.333 e. The van der Waals surface area contributed by atoms with Gasteiger partial charge in [-0.1, -0.05) is 24.3 Å². The Hall–Kier alpha value is -2.16. The number of carbonyl (C=O) groups excluding carboxylic acids is 1. The third-order valence-corrected chi connectivity index (χ3v) is 5.22. The molecule has 0 bridgehead atoms. The van der Waals surface area contributed by atoms with E-state index in [1.54, 1.807) is 35.6 Å². The zero-order valence-electron chi connectivity index (χ0n) is 13.0. The number of carbonyl (C=O) groups is 1. The molecule has 6 nitrogen and oxygen atoms in total. The molecule has 0 aliphatic heterocycles. The second-order valence-electron chi connectivity index (χ2n) is 4.98. The van der Waals surface area contributed by atoms with Crippen molar-refractivity contribution in [3.8, 4) is 0 Å². The first kappa shape index (κ1) is 18.2. The number of nitrogens with one attached hydrogen (secondary N) is 3. The maximum absolute atomic E-state index is 11.8. The molecule has 0 atom stereocenters. The summed E-state index contributed by atoms with van der Waals surface area (Å²) < 4.78 is 26.0. The smallest absolute Gasteiger partial charge is 0.319 e. The quantitative estimate of drug-likeness (QED) is 0.629. The highest BCUT2D eigenvalue weighted by molar-refractivity contribution is 7.88. The number of sulfonamides is 1. The van der Waals surface area contributed by atoms with E-state index in [1.165, 1.54) is 6.08 Å². The van der Waals surface area contributed by atoms with Crippen molar-refractivity contribution in [3.05, 3.63) is 64.9 Å². The molecule has 24 heavy (non-hydrogen) atoms. The number of amides is 2. The zero-order chi connectivity index (χ0) is 17.4. The molecule has 128 valence electrons. The van der Waals surface area contributed by atoms with Crippen LogP contribution < -0.4 is 15.4 Å². The van der Waals surface area contributed by atoms with Crippen LogP contribution in [0, 0.1) is 0 Å². The fourth-order valence-corrected chi connectivity index (χ4v) is 3.65. The first-order valence-electron chi connectivity index (χ1n) is 7.23. The lowest BCUT2D eigenvalue weighted by Gasteiger charge is -2.08. The molecule has 1 aromatic heterocycles. The van der Waals surface area contributed by atoms with Crippen LogP contribution in [0.15, 0.2) is 54.4 Å². The molecule has 2 rings (SSSR count). The van der Waals surface area contributed by atoms with Crippen molar-refractivity contribution in [2.75, 3.05) is 11.9 Å². The van der Waals surface area contributed by atoms with Gasteiger partial charge in [0, 0.05) is 17.1 Å². The molecule has 8 heteroatoms. The number of thiophene rings is 1. The van der Waals surface area contributed by atoms with Gasteiger partial charge in [-0.25, -0.2) is 17.9 Å². The monoisotopic (exact) mass is 365 g/mol. The maximum atomic E-state index is 11.8. The van der Waals surface area contributed by atoms with E-state index in [0.717, 1.165) is 4.88 Å². The minimum absolute atomic E-state index is 0.119. The first-order chi connectivity index (χ1) is 11.5. The molecule has 1 heterocycles. The van der Waals surface area contributed by atoms with Gasteiger partial charge in [0.15, 0.2) is 0 Å². The molecule has 0 saturated carbocycles. The Bertz CT molecular complexity index is 769. The molecule has 2 aromatic rings. The highest BCUT2D eigenvalue weighted by Crippen LogP contribution is 2.12. The Kier molecular flexibility index (Phi) is 6.53. The lowest BCUT2D eigenvalue weighted by molar-refractivity contribution is 0.252. The Labute approximate surface area is 145 Å². The van der Waals surface area contributed by atoms with Gasteiger partial charge in [0.1, 0.15) is 0 Å². The predicted molar refractivity (Wildman–Crippen MR) is 97.4 cm³/mol. The third-order valence-electron chi connectivity index (χ3n) is 3.02. The number of urea groups is 1. The molecular formula is C16H19N3O3S2. The van der Waals surface area contributed by atoms with Crippen molar-refractivity contribution in [1.29, 1.82) is 0 Å². The largest absolute Gasteiger partial charge is 0.333 e. The second kappa shape index (κ2) is 8.62. The number of hydrogen-bond donors (Lipinski definition) is 3. The van der Waals surface area contributed by atoms with Crippen LogP contribution >= 0.6 is 11.3 Å². The van der Waals surface area contributed by atoms with E-state index in [0.29, 0.717) is 17.8 Å². The van der Waals surface area contributed by atoms with Crippen LogP contribution in [0.1, 0.15) is 10.4 Å². The van der Waals surface area contributed by atoms with E-state index >= 15 is 0 Å². The summed E-state index contributed by atoms with van der Waals surface area (Å²) in [6.45, 7) is 4.14. The Morgan fingerprint density at radius 1 is 1.21 bits per heavy atom. The lowest BCUT2D eigenvalue weighted by atomic mass is 10.2. The molecule has 2 amide bonds. The normalized spacial score (nSPS) is 11.0. The summed E-state index contributed by atoms with van der Waals surface area (Å²) in [7, 11) is -3.39. The molecule has 0 radical (unpaired) electrons. The van der Waals surface area contributed by atoms with Gasteiger partial charge in [-0.3, -0.25) is 0 Å². The highest BCUT2D eigenvalue weighted by atomic mass is 32.2. The van der Waals surface area contributed by atoms with Crippen LogP contribution in [0.2, 0.25) is 0 Å². The predicted octanol–water partition coefficient (Wildman–Crippen LogP) is 2.68. The van der Waals surface area contributed by atoms with E-state index in [9.17, 15) is 13.2 Å². The molecule has 0 unspecified atom stereocenters. The minimum atomic E-state index is -3.39. The van der Waals surface area contributed by atoms with Crippen molar-refractivity contribution in [1.82, 2.24) is 10.0 Å². The average Bonchev–Trinajstić information content (AvgIpc) is 3.06. The van der Waals surface area contributed by atoms with Gasteiger partial charge in [-0.05, 0) is 29.1 Å². The average molecular weight is 365 g/mol. The third kappa shape index (κ3) is 6.15. The van der Waals surface area contributed by atoms with Crippen LogP contribution in [-0.4, -0.2) is 21.0 Å². The van der Waals surface area contributed by atoms with Crippen LogP contribution in [0.5, 0.6) is 0 Å². The molecule has 0 spiro atoms.